The van der Waals surface area contributed by atoms with E-state index in [1.165, 1.54) is 44.3 Å². The fraction of sp³-hybridized carbons (Fsp3) is 0.188. The molecule has 1 saturated heterocycles. The smallest absolute Gasteiger partial charge is 0.193 e. The van der Waals surface area contributed by atoms with Crippen LogP contribution >= 0.6 is 0 Å². The second-order valence-corrected chi connectivity index (χ2v) is 15.7. The maximum atomic E-state index is 6.29. The first-order chi connectivity index (χ1) is 26.2. The number of rotatable bonds is 8. The van der Waals surface area contributed by atoms with E-state index in [0.717, 1.165) is 30.4 Å². The molecule has 1 aliphatic heterocycles. The Hall–Kier alpha value is -5.85. The van der Waals surface area contributed by atoms with Gasteiger partial charge in [-0.05, 0) is 78.4 Å². The molecule has 9 rings (SSSR count). The highest BCUT2D eigenvalue weighted by Crippen LogP contribution is 2.48. The van der Waals surface area contributed by atoms with E-state index < -0.39 is 0 Å². The van der Waals surface area contributed by atoms with Crippen molar-refractivity contribution in [2.75, 3.05) is 0 Å². The molecule has 5 aromatic carbocycles. The predicted octanol–water partition coefficient (Wildman–Crippen LogP) is 10.3. The molecule has 2 aliphatic rings. The van der Waals surface area contributed by atoms with Gasteiger partial charge in [0.15, 0.2) is 18.9 Å². The highest BCUT2D eigenvalue weighted by molar-refractivity contribution is 6.55. The summed E-state index contributed by atoms with van der Waals surface area (Å²) in [4.78, 5) is 13.7. The van der Waals surface area contributed by atoms with E-state index >= 15 is 0 Å². The van der Waals surface area contributed by atoms with Gasteiger partial charge in [-0.3, -0.25) is 0 Å². The summed E-state index contributed by atoms with van der Waals surface area (Å²) < 4.78 is 8.61. The molecular weight excluding hydrogens is 659 g/mol. The highest BCUT2D eigenvalue weighted by Gasteiger charge is 2.55. The van der Waals surface area contributed by atoms with Gasteiger partial charge in [-0.25, -0.2) is 15.0 Å². The first-order valence-corrected chi connectivity index (χ1v) is 18.9. The lowest BCUT2D eigenvalue weighted by molar-refractivity contribution is -0.255. The monoisotopic (exact) mass is 702 g/mol. The maximum absolute atomic E-state index is 6.29. The molecule has 0 bridgehead atoms. The van der Waals surface area contributed by atoms with Crippen molar-refractivity contribution in [3.63, 3.8) is 0 Å². The number of hydrogen-bond acceptors (Lipinski definition) is 4. The maximum Gasteiger partial charge on any atom is 0.193 e. The number of nitrogens with zero attached hydrogens (tertiary/aromatic N) is 4. The van der Waals surface area contributed by atoms with Crippen LogP contribution < -0.4 is 5.46 Å². The van der Waals surface area contributed by atoms with E-state index in [4.69, 9.17) is 9.72 Å². The molecule has 3 heterocycles. The summed E-state index contributed by atoms with van der Waals surface area (Å²) >= 11 is 0. The van der Waals surface area contributed by atoms with E-state index in [1.54, 1.807) is 6.33 Å². The van der Waals surface area contributed by atoms with Gasteiger partial charge in [-0.2, -0.15) is 0 Å². The lowest BCUT2D eigenvalue weighted by atomic mass is 9.49. The third-order valence-corrected chi connectivity index (χ3v) is 11.9. The molecule has 0 radical (unpaired) electrons. The van der Waals surface area contributed by atoms with E-state index in [1.807, 2.05) is 30.3 Å². The normalized spacial score (nSPS) is 18.6. The second-order valence-electron chi connectivity index (χ2n) is 15.7. The molecule has 1 aliphatic carbocycles. The minimum atomic E-state index is -0.0843. The van der Waals surface area contributed by atoms with Crippen LogP contribution in [0.15, 0.2) is 158 Å². The Balaban J connectivity index is 0.948. The van der Waals surface area contributed by atoms with Crippen LogP contribution in [0.5, 0.6) is 0 Å². The predicted molar refractivity (Wildman–Crippen MR) is 224 cm³/mol. The first-order valence-electron chi connectivity index (χ1n) is 18.9. The van der Waals surface area contributed by atoms with Gasteiger partial charge in [0, 0.05) is 45.7 Å². The molecule has 2 aromatic heterocycles. The highest BCUT2D eigenvalue weighted by atomic mass is 16.5. The summed E-state index contributed by atoms with van der Waals surface area (Å²) in [5.74, 6) is 1.60. The molecule has 264 valence electrons. The van der Waals surface area contributed by atoms with Crippen LogP contribution in [0.3, 0.4) is 0 Å². The minimum Gasteiger partial charge on any atom is -0.379 e. The van der Waals surface area contributed by atoms with Crippen LogP contribution in [0.4, 0.5) is 0 Å². The molecule has 2 atom stereocenters. The van der Waals surface area contributed by atoms with Gasteiger partial charge in [0.1, 0.15) is 6.33 Å². The Morgan fingerprint density at radius 3 is 2.15 bits per heavy atom. The van der Waals surface area contributed by atoms with E-state index in [-0.39, 0.29) is 22.9 Å². The third-order valence-electron chi connectivity index (χ3n) is 11.9. The summed E-state index contributed by atoms with van der Waals surface area (Å²) in [6.07, 6.45) is 11.7. The molecule has 54 heavy (non-hydrogen) atoms. The van der Waals surface area contributed by atoms with Crippen molar-refractivity contribution >= 4 is 29.3 Å². The lowest BCUT2D eigenvalue weighted by Gasteiger charge is -2.58. The molecule has 0 amide bonds. The Morgan fingerprint density at radius 1 is 0.667 bits per heavy atom. The van der Waals surface area contributed by atoms with Crippen LogP contribution in [0.2, 0.25) is 0 Å². The Labute approximate surface area is 318 Å². The van der Waals surface area contributed by atoms with Crippen molar-refractivity contribution in [1.82, 2.24) is 19.5 Å². The van der Waals surface area contributed by atoms with Crippen LogP contribution in [-0.2, 0) is 4.74 Å². The fourth-order valence-electron chi connectivity index (χ4n) is 7.93. The topological polar surface area (TPSA) is 52.8 Å². The van der Waals surface area contributed by atoms with Gasteiger partial charge in [0.25, 0.3) is 0 Å². The summed E-state index contributed by atoms with van der Waals surface area (Å²) in [6, 6.07) is 45.7. The van der Waals surface area contributed by atoms with Crippen LogP contribution in [0.1, 0.15) is 45.6 Å². The molecule has 6 heteroatoms. The van der Waals surface area contributed by atoms with E-state index in [2.05, 4.69) is 164 Å². The zero-order valence-electron chi connectivity index (χ0n) is 31.3. The van der Waals surface area contributed by atoms with Crippen molar-refractivity contribution in [2.45, 2.75) is 51.6 Å². The van der Waals surface area contributed by atoms with Crippen molar-refractivity contribution < 1.29 is 4.74 Å². The van der Waals surface area contributed by atoms with Crippen LogP contribution in [0, 0.1) is 5.41 Å². The third kappa shape index (κ3) is 6.31. The van der Waals surface area contributed by atoms with Crippen LogP contribution in [-0.4, -0.2) is 38.4 Å². The average molecular weight is 703 g/mol. The Morgan fingerprint density at radius 2 is 1.35 bits per heavy atom. The van der Waals surface area contributed by atoms with Crippen molar-refractivity contribution in [1.29, 1.82) is 0 Å². The molecule has 5 nitrogen and oxygen atoms in total. The van der Waals surface area contributed by atoms with Crippen molar-refractivity contribution in [3.8, 4) is 45.0 Å². The Bertz CT molecular complexity index is 2570. The van der Waals surface area contributed by atoms with Crippen LogP contribution in [0.25, 0.3) is 61.6 Å². The van der Waals surface area contributed by atoms with E-state index in [0.29, 0.717) is 11.6 Å². The summed E-state index contributed by atoms with van der Waals surface area (Å²) in [7, 11) is 0.927. The van der Waals surface area contributed by atoms with Gasteiger partial charge in [-0.15, -0.1) is 0 Å². The number of allylic oxidation sites excluding steroid dienone is 4. The SMILES string of the molecule is CC1(C)O[C@@H](Bc2cccc(-c3ccc4c(ccn4C4=CC(c5cccc(-c6cccc(-c7ncnc(-c8ccccc8)n7)c6)c5)CC=C4)c3)c2)C1(C)C. The van der Waals surface area contributed by atoms with Gasteiger partial charge >= 0.3 is 0 Å². The first kappa shape index (κ1) is 34.0. The summed E-state index contributed by atoms with van der Waals surface area (Å²) in [5.41, 5.74) is 11.8. The van der Waals surface area contributed by atoms with Gasteiger partial charge in [-0.1, -0.05) is 135 Å². The molecule has 1 fully saturated rings. The minimum absolute atomic E-state index is 0.0843. The van der Waals surface area contributed by atoms with E-state index in [9.17, 15) is 0 Å². The van der Waals surface area contributed by atoms with Gasteiger partial charge < -0.3 is 9.30 Å². The summed E-state index contributed by atoms with van der Waals surface area (Å²) in [5, 5.41) is 1.23. The number of hydrogen-bond donors (Lipinski definition) is 0. The Kier molecular flexibility index (Phi) is 8.51. The number of fused-ring (bicyclic) bond motifs is 1. The second kappa shape index (κ2) is 13.5. The number of ether oxygens (including phenoxy) is 1. The molecule has 0 spiro atoms. The van der Waals surface area contributed by atoms with Crippen molar-refractivity contribution in [3.05, 3.63) is 164 Å². The standard InChI is InChI=1S/C48H43BN4O/c1-47(2)46(54-48(47,3)4)49-41-20-10-17-36(29-41)38-22-23-43-39(27-38)24-25-53(43)42-21-11-18-37(30-42)34-15-8-14-33(26-34)35-16-9-19-40(28-35)45-51-31-50-44(52-45)32-12-6-5-7-13-32/h5-17,19-31,37,46,49H,18H2,1-4H3/t37?,46-/m1/s1. The zero-order valence-corrected chi connectivity index (χ0v) is 31.3. The number of benzene rings is 5. The average Bonchev–Trinajstić information content (AvgIpc) is 3.65. The quantitative estimate of drug-likeness (QED) is 0.148. The lowest BCUT2D eigenvalue weighted by Crippen LogP contribution is -2.66. The van der Waals surface area contributed by atoms with Gasteiger partial charge in [0.05, 0.1) is 11.1 Å². The zero-order chi connectivity index (χ0) is 36.9. The van der Waals surface area contributed by atoms with Crippen molar-refractivity contribution in [2.24, 2.45) is 5.41 Å². The van der Waals surface area contributed by atoms with Gasteiger partial charge in [0.2, 0.25) is 0 Å². The summed E-state index contributed by atoms with van der Waals surface area (Å²) in [6.45, 7) is 9.03. The fourth-order valence-corrected chi connectivity index (χ4v) is 7.93. The molecule has 0 N–H and O–H groups in total. The molecular formula is C48H43BN4O. The largest absolute Gasteiger partial charge is 0.379 e. The number of aromatic nitrogens is 4. The molecule has 1 unspecified atom stereocenters. The molecule has 0 saturated carbocycles. The molecule has 7 aromatic rings.